The fourth-order valence-electron chi connectivity index (χ4n) is 0.645. The van der Waals surface area contributed by atoms with Crippen molar-refractivity contribution in [1.82, 2.24) is 4.98 Å². The predicted molar refractivity (Wildman–Crippen MR) is 53.1 cm³/mol. The van der Waals surface area contributed by atoms with Gasteiger partial charge in [0, 0.05) is 6.20 Å². The molecule has 0 aromatic carbocycles. The van der Waals surface area contributed by atoms with E-state index in [4.69, 9.17) is 16.3 Å². The Labute approximate surface area is 84.1 Å². The van der Waals surface area contributed by atoms with E-state index in [-0.39, 0.29) is 0 Å². The Morgan fingerprint density at radius 1 is 1.73 bits per heavy atom. The van der Waals surface area contributed by atoms with Crippen molar-refractivity contribution in [1.29, 1.82) is 0 Å². The number of ether oxygens (including phenoxy) is 1. The number of halogens is 2. The summed E-state index contributed by atoms with van der Waals surface area (Å²) in [6.45, 7) is 2.55. The van der Waals surface area contributed by atoms with Crippen LogP contribution < -0.4 is 4.74 Å². The third-order valence-electron chi connectivity index (χ3n) is 1.06. The topological polar surface area (TPSA) is 22.1 Å². The van der Waals surface area contributed by atoms with Crippen molar-refractivity contribution in [2.75, 3.05) is 6.61 Å². The molecular formula is C7H7ClINO. The summed E-state index contributed by atoms with van der Waals surface area (Å²) in [5.74, 6) is 0.650. The molecule has 0 fully saturated rings. The van der Waals surface area contributed by atoms with E-state index in [1.807, 2.05) is 13.0 Å². The van der Waals surface area contributed by atoms with Gasteiger partial charge in [-0.3, -0.25) is 0 Å². The molecule has 11 heavy (non-hydrogen) atoms. The smallest absolute Gasteiger partial charge is 0.227 e. The molecule has 0 spiro atoms. The van der Waals surface area contributed by atoms with Crippen LogP contribution in [0.4, 0.5) is 0 Å². The summed E-state index contributed by atoms with van der Waals surface area (Å²) in [6, 6.07) is 1.82. The van der Waals surface area contributed by atoms with E-state index < -0.39 is 0 Å². The molecule has 0 amide bonds. The van der Waals surface area contributed by atoms with Gasteiger partial charge in [-0.1, -0.05) is 11.6 Å². The summed E-state index contributed by atoms with van der Waals surface area (Å²) in [5.41, 5.74) is 0. The van der Waals surface area contributed by atoms with Crippen molar-refractivity contribution >= 4 is 34.2 Å². The molecule has 0 radical (unpaired) electrons. The molecule has 60 valence electrons. The van der Waals surface area contributed by atoms with Crippen LogP contribution in [0.15, 0.2) is 12.3 Å². The number of nitrogens with zero attached hydrogens (tertiary/aromatic N) is 1. The zero-order valence-electron chi connectivity index (χ0n) is 5.97. The highest BCUT2D eigenvalue weighted by molar-refractivity contribution is 14.1. The van der Waals surface area contributed by atoms with Crippen LogP contribution in [-0.2, 0) is 0 Å². The minimum absolute atomic E-state index is 0.630. The van der Waals surface area contributed by atoms with Gasteiger partial charge in [0.05, 0.1) is 15.2 Å². The van der Waals surface area contributed by atoms with Gasteiger partial charge in [0.15, 0.2) is 0 Å². The van der Waals surface area contributed by atoms with Crippen molar-refractivity contribution in [3.8, 4) is 5.88 Å². The van der Waals surface area contributed by atoms with Crippen LogP contribution in [0.5, 0.6) is 5.88 Å². The Hall–Kier alpha value is -0.0300. The zero-order valence-corrected chi connectivity index (χ0v) is 8.89. The van der Waals surface area contributed by atoms with Crippen molar-refractivity contribution in [3.63, 3.8) is 0 Å². The summed E-state index contributed by atoms with van der Waals surface area (Å²) in [4.78, 5) is 4.01. The Bertz CT molecular complexity index is 254. The number of aromatic nitrogens is 1. The summed E-state index contributed by atoms with van der Waals surface area (Å²) in [7, 11) is 0. The molecule has 2 nitrogen and oxygen atoms in total. The first-order valence-electron chi connectivity index (χ1n) is 3.18. The molecule has 0 saturated heterocycles. The Morgan fingerprint density at radius 2 is 2.45 bits per heavy atom. The van der Waals surface area contributed by atoms with Gasteiger partial charge in [0.2, 0.25) is 5.88 Å². The first-order valence-corrected chi connectivity index (χ1v) is 4.63. The SMILES string of the molecule is CCOc1ncc(Cl)cc1I. The van der Waals surface area contributed by atoms with Crippen LogP contribution in [0.2, 0.25) is 5.02 Å². The van der Waals surface area contributed by atoms with Crippen LogP contribution in [-0.4, -0.2) is 11.6 Å². The minimum atomic E-state index is 0.630. The molecule has 1 rings (SSSR count). The Morgan fingerprint density at radius 3 is 3.00 bits per heavy atom. The second-order valence-electron chi connectivity index (χ2n) is 1.87. The average molecular weight is 283 g/mol. The third kappa shape index (κ3) is 2.48. The summed E-state index contributed by atoms with van der Waals surface area (Å²) < 4.78 is 6.16. The van der Waals surface area contributed by atoms with Gasteiger partial charge >= 0.3 is 0 Å². The van der Waals surface area contributed by atoms with Gasteiger partial charge in [0.1, 0.15) is 0 Å². The molecule has 0 atom stereocenters. The maximum Gasteiger partial charge on any atom is 0.227 e. The second-order valence-corrected chi connectivity index (χ2v) is 3.47. The summed E-state index contributed by atoms with van der Waals surface area (Å²) in [6.07, 6.45) is 1.58. The lowest BCUT2D eigenvalue weighted by atomic mass is 10.5. The maximum absolute atomic E-state index is 5.69. The second kappa shape index (κ2) is 4.11. The average Bonchev–Trinajstić information content (AvgIpc) is 1.95. The van der Waals surface area contributed by atoms with Crippen LogP contribution in [0.25, 0.3) is 0 Å². The van der Waals surface area contributed by atoms with Crippen molar-refractivity contribution in [2.45, 2.75) is 6.92 Å². The largest absolute Gasteiger partial charge is 0.477 e. The summed E-state index contributed by atoms with van der Waals surface area (Å²) >= 11 is 7.83. The van der Waals surface area contributed by atoms with Crippen LogP contribution in [0, 0.1) is 3.57 Å². The zero-order chi connectivity index (χ0) is 8.27. The van der Waals surface area contributed by atoms with Crippen LogP contribution in [0.3, 0.4) is 0 Å². The van der Waals surface area contributed by atoms with Gasteiger partial charge in [-0.25, -0.2) is 4.98 Å². The van der Waals surface area contributed by atoms with E-state index in [1.165, 1.54) is 0 Å². The fourth-order valence-corrected chi connectivity index (χ4v) is 1.62. The van der Waals surface area contributed by atoms with E-state index in [2.05, 4.69) is 27.6 Å². The molecule has 0 aliphatic carbocycles. The predicted octanol–water partition coefficient (Wildman–Crippen LogP) is 2.74. The van der Waals surface area contributed by atoms with E-state index >= 15 is 0 Å². The lowest BCUT2D eigenvalue weighted by molar-refractivity contribution is 0.324. The van der Waals surface area contributed by atoms with Gasteiger partial charge < -0.3 is 4.74 Å². The van der Waals surface area contributed by atoms with E-state index in [1.54, 1.807) is 6.20 Å². The number of hydrogen-bond donors (Lipinski definition) is 0. The van der Waals surface area contributed by atoms with E-state index in [0.717, 1.165) is 3.57 Å². The highest BCUT2D eigenvalue weighted by atomic mass is 127. The molecule has 1 aromatic rings. The van der Waals surface area contributed by atoms with Crippen molar-refractivity contribution in [3.05, 3.63) is 20.9 Å². The molecule has 1 heterocycles. The molecule has 0 aliphatic rings. The fraction of sp³-hybridized carbons (Fsp3) is 0.286. The quantitative estimate of drug-likeness (QED) is 0.779. The molecular weight excluding hydrogens is 276 g/mol. The molecule has 0 bridgehead atoms. The Balaban J connectivity index is 2.90. The van der Waals surface area contributed by atoms with E-state index in [0.29, 0.717) is 17.5 Å². The number of hydrogen-bond acceptors (Lipinski definition) is 2. The van der Waals surface area contributed by atoms with Gasteiger partial charge in [-0.05, 0) is 35.6 Å². The first kappa shape index (κ1) is 9.06. The molecule has 1 aromatic heterocycles. The monoisotopic (exact) mass is 283 g/mol. The van der Waals surface area contributed by atoms with Gasteiger partial charge in [-0.2, -0.15) is 0 Å². The highest BCUT2D eigenvalue weighted by Crippen LogP contribution is 2.20. The van der Waals surface area contributed by atoms with Crippen LogP contribution >= 0.6 is 34.2 Å². The first-order chi connectivity index (χ1) is 5.24. The Kier molecular flexibility index (Phi) is 3.39. The number of pyridine rings is 1. The molecule has 4 heteroatoms. The molecule has 0 aliphatic heterocycles. The molecule has 0 N–H and O–H groups in total. The standard InChI is InChI=1S/C7H7ClINO/c1-2-11-7-6(9)3-5(8)4-10-7/h3-4H,2H2,1H3. The van der Waals surface area contributed by atoms with Crippen molar-refractivity contribution < 1.29 is 4.74 Å². The van der Waals surface area contributed by atoms with Crippen LogP contribution in [0.1, 0.15) is 6.92 Å². The normalized spacial score (nSPS) is 9.73. The lowest BCUT2D eigenvalue weighted by Gasteiger charge is -2.02. The summed E-state index contributed by atoms with van der Waals surface area (Å²) in [5, 5.41) is 0.637. The lowest BCUT2D eigenvalue weighted by Crippen LogP contribution is -1.96. The molecule has 0 unspecified atom stereocenters. The highest BCUT2D eigenvalue weighted by Gasteiger charge is 2.01. The third-order valence-corrected chi connectivity index (χ3v) is 2.03. The van der Waals surface area contributed by atoms with Gasteiger partial charge in [-0.15, -0.1) is 0 Å². The maximum atomic E-state index is 5.69. The minimum Gasteiger partial charge on any atom is -0.477 e. The van der Waals surface area contributed by atoms with Crippen molar-refractivity contribution in [2.24, 2.45) is 0 Å². The molecule has 0 saturated carbocycles. The van der Waals surface area contributed by atoms with E-state index in [9.17, 15) is 0 Å². The number of rotatable bonds is 2. The van der Waals surface area contributed by atoms with Gasteiger partial charge in [0.25, 0.3) is 0 Å².